The van der Waals surface area contributed by atoms with Gasteiger partial charge in [-0.3, -0.25) is 0 Å². The third kappa shape index (κ3) is 4.97. The SMILES string of the molecule is O[C@@H](CNc1ccccc1Cl)COc1ccc(Cl)cc1Cl. The molecule has 2 rings (SSSR count). The van der Waals surface area contributed by atoms with Gasteiger partial charge in [-0.05, 0) is 30.3 Å². The lowest BCUT2D eigenvalue weighted by molar-refractivity contribution is 0.117. The Morgan fingerprint density at radius 1 is 1.05 bits per heavy atom. The Morgan fingerprint density at radius 3 is 2.52 bits per heavy atom. The summed E-state index contributed by atoms with van der Waals surface area (Å²) in [5.74, 6) is 0.484. The minimum absolute atomic E-state index is 0.110. The van der Waals surface area contributed by atoms with Crippen LogP contribution in [0.3, 0.4) is 0 Å². The van der Waals surface area contributed by atoms with Crippen molar-refractivity contribution in [2.24, 2.45) is 0 Å². The number of aliphatic hydroxyl groups excluding tert-OH is 1. The number of para-hydroxylation sites is 1. The number of rotatable bonds is 6. The molecule has 0 aromatic heterocycles. The van der Waals surface area contributed by atoms with Crippen LogP contribution in [0.5, 0.6) is 5.75 Å². The first-order valence-electron chi connectivity index (χ1n) is 6.30. The van der Waals surface area contributed by atoms with Crippen LogP contribution in [0.2, 0.25) is 15.1 Å². The summed E-state index contributed by atoms with van der Waals surface area (Å²) in [4.78, 5) is 0. The van der Waals surface area contributed by atoms with E-state index in [1.807, 2.05) is 18.2 Å². The molecule has 0 aliphatic rings. The average Bonchev–Trinajstić information content (AvgIpc) is 2.45. The number of ether oxygens (including phenoxy) is 1. The highest BCUT2D eigenvalue weighted by Gasteiger charge is 2.08. The van der Waals surface area contributed by atoms with Gasteiger partial charge in [0.25, 0.3) is 0 Å². The van der Waals surface area contributed by atoms with Crippen LogP contribution in [0, 0.1) is 0 Å². The summed E-state index contributed by atoms with van der Waals surface area (Å²) in [5.41, 5.74) is 0.766. The summed E-state index contributed by atoms with van der Waals surface area (Å²) >= 11 is 17.8. The second-order valence-corrected chi connectivity index (χ2v) is 5.65. The number of hydrogen-bond donors (Lipinski definition) is 2. The Bertz CT molecular complexity index is 607. The zero-order chi connectivity index (χ0) is 15.2. The van der Waals surface area contributed by atoms with Crippen LogP contribution >= 0.6 is 34.8 Å². The molecule has 2 aromatic carbocycles. The van der Waals surface area contributed by atoms with Gasteiger partial charge < -0.3 is 15.2 Å². The molecule has 6 heteroatoms. The standard InChI is InChI=1S/C15H14Cl3NO2/c16-10-5-6-15(13(18)7-10)21-9-11(20)8-19-14-4-2-1-3-12(14)17/h1-7,11,19-20H,8-9H2/t11-/m0/s1. The molecule has 112 valence electrons. The van der Waals surface area contributed by atoms with Gasteiger partial charge in [0.2, 0.25) is 0 Å². The lowest BCUT2D eigenvalue weighted by Gasteiger charge is -2.15. The normalized spacial score (nSPS) is 12.0. The minimum Gasteiger partial charge on any atom is -0.489 e. The molecule has 0 aliphatic carbocycles. The second-order valence-electron chi connectivity index (χ2n) is 4.40. The van der Waals surface area contributed by atoms with E-state index in [9.17, 15) is 5.11 Å². The number of nitrogens with one attached hydrogen (secondary N) is 1. The van der Waals surface area contributed by atoms with E-state index in [0.717, 1.165) is 5.69 Å². The van der Waals surface area contributed by atoms with Gasteiger partial charge in [-0.2, -0.15) is 0 Å². The van der Waals surface area contributed by atoms with Gasteiger partial charge >= 0.3 is 0 Å². The largest absolute Gasteiger partial charge is 0.489 e. The van der Waals surface area contributed by atoms with Crippen molar-refractivity contribution in [2.45, 2.75) is 6.10 Å². The fourth-order valence-electron chi connectivity index (χ4n) is 1.67. The van der Waals surface area contributed by atoms with Crippen molar-refractivity contribution in [3.05, 3.63) is 57.5 Å². The molecule has 0 bridgehead atoms. The van der Waals surface area contributed by atoms with Gasteiger partial charge in [-0.15, -0.1) is 0 Å². The van der Waals surface area contributed by atoms with E-state index in [1.165, 1.54) is 0 Å². The molecule has 0 saturated carbocycles. The summed E-state index contributed by atoms with van der Waals surface area (Å²) in [7, 11) is 0. The lowest BCUT2D eigenvalue weighted by atomic mass is 10.3. The average molecular weight is 347 g/mol. The molecule has 2 N–H and O–H groups in total. The van der Waals surface area contributed by atoms with E-state index >= 15 is 0 Å². The van der Waals surface area contributed by atoms with Gasteiger partial charge in [-0.25, -0.2) is 0 Å². The Balaban J connectivity index is 1.82. The van der Waals surface area contributed by atoms with Crippen LogP contribution in [-0.4, -0.2) is 24.4 Å². The maximum atomic E-state index is 9.91. The van der Waals surface area contributed by atoms with Crippen LogP contribution < -0.4 is 10.1 Å². The molecule has 0 saturated heterocycles. The molecule has 0 fully saturated rings. The molecule has 3 nitrogen and oxygen atoms in total. The number of hydrogen-bond acceptors (Lipinski definition) is 3. The maximum Gasteiger partial charge on any atom is 0.138 e. The van der Waals surface area contributed by atoms with Crippen LogP contribution in [-0.2, 0) is 0 Å². The van der Waals surface area contributed by atoms with Crippen LogP contribution in [0.25, 0.3) is 0 Å². The quantitative estimate of drug-likeness (QED) is 0.809. The Labute approximate surface area is 138 Å². The van der Waals surface area contributed by atoms with Crippen LogP contribution in [0.15, 0.2) is 42.5 Å². The summed E-state index contributed by atoms with van der Waals surface area (Å²) in [6.07, 6.45) is -0.701. The molecular weight excluding hydrogens is 333 g/mol. The number of anilines is 1. The highest BCUT2D eigenvalue weighted by atomic mass is 35.5. The van der Waals surface area contributed by atoms with E-state index in [4.69, 9.17) is 39.5 Å². The van der Waals surface area contributed by atoms with Gasteiger partial charge in [0.15, 0.2) is 0 Å². The van der Waals surface area contributed by atoms with Crippen LogP contribution in [0.1, 0.15) is 0 Å². The summed E-state index contributed by atoms with van der Waals surface area (Å²) in [6.45, 7) is 0.424. The minimum atomic E-state index is -0.701. The predicted octanol–water partition coefficient (Wildman–Crippen LogP) is 4.50. The first-order valence-corrected chi connectivity index (χ1v) is 7.44. The van der Waals surface area contributed by atoms with Crippen molar-refractivity contribution >= 4 is 40.5 Å². The van der Waals surface area contributed by atoms with E-state index in [2.05, 4.69) is 5.32 Å². The monoisotopic (exact) mass is 345 g/mol. The first kappa shape index (κ1) is 16.2. The van der Waals surface area contributed by atoms with E-state index in [0.29, 0.717) is 27.4 Å². The van der Waals surface area contributed by atoms with Crippen molar-refractivity contribution in [2.75, 3.05) is 18.5 Å². The van der Waals surface area contributed by atoms with E-state index in [-0.39, 0.29) is 6.61 Å². The molecule has 0 heterocycles. The highest BCUT2D eigenvalue weighted by Crippen LogP contribution is 2.27. The molecule has 2 aromatic rings. The van der Waals surface area contributed by atoms with Gasteiger partial charge in [0.05, 0.1) is 15.7 Å². The summed E-state index contributed by atoms with van der Waals surface area (Å²) in [5, 5.41) is 14.5. The topological polar surface area (TPSA) is 41.5 Å². The van der Waals surface area contributed by atoms with Gasteiger partial charge in [0.1, 0.15) is 18.5 Å². The highest BCUT2D eigenvalue weighted by molar-refractivity contribution is 6.35. The molecule has 21 heavy (non-hydrogen) atoms. The molecular formula is C15H14Cl3NO2. The molecule has 0 spiro atoms. The Morgan fingerprint density at radius 2 is 1.81 bits per heavy atom. The molecule has 0 aliphatic heterocycles. The van der Waals surface area contributed by atoms with Crippen molar-refractivity contribution < 1.29 is 9.84 Å². The smallest absolute Gasteiger partial charge is 0.138 e. The molecule has 0 radical (unpaired) electrons. The fourth-order valence-corrected chi connectivity index (χ4v) is 2.34. The third-order valence-corrected chi connectivity index (χ3v) is 3.59. The third-order valence-electron chi connectivity index (χ3n) is 2.73. The Kier molecular flexibility index (Phi) is 6.00. The predicted molar refractivity (Wildman–Crippen MR) is 87.9 cm³/mol. The van der Waals surface area contributed by atoms with E-state index in [1.54, 1.807) is 24.3 Å². The molecule has 0 amide bonds. The van der Waals surface area contributed by atoms with E-state index < -0.39 is 6.10 Å². The molecule has 0 unspecified atom stereocenters. The van der Waals surface area contributed by atoms with Crippen molar-refractivity contribution in [3.63, 3.8) is 0 Å². The second kappa shape index (κ2) is 7.76. The van der Waals surface area contributed by atoms with Gasteiger partial charge in [-0.1, -0.05) is 46.9 Å². The van der Waals surface area contributed by atoms with Crippen molar-refractivity contribution in [1.82, 2.24) is 0 Å². The van der Waals surface area contributed by atoms with Crippen LogP contribution in [0.4, 0.5) is 5.69 Å². The number of halogens is 3. The van der Waals surface area contributed by atoms with Crippen molar-refractivity contribution in [1.29, 1.82) is 0 Å². The van der Waals surface area contributed by atoms with Gasteiger partial charge in [0, 0.05) is 11.6 Å². The zero-order valence-electron chi connectivity index (χ0n) is 11.0. The van der Waals surface area contributed by atoms with Crippen molar-refractivity contribution in [3.8, 4) is 5.75 Å². The lowest BCUT2D eigenvalue weighted by Crippen LogP contribution is -2.26. The summed E-state index contributed by atoms with van der Waals surface area (Å²) in [6, 6.07) is 12.3. The molecule has 1 atom stereocenters. The summed E-state index contributed by atoms with van der Waals surface area (Å²) < 4.78 is 5.46. The maximum absolute atomic E-state index is 9.91. The zero-order valence-corrected chi connectivity index (χ0v) is 13.3. The Hall–Kier alpha value is -1.13. The number of benzene rings is 2. The number of aliphatic hydroxyl groups is 1. The first-order chi connectivity index (χ1) is 10.1. The fraction of sp³-hybridized carbons (Fsp3) is 0.200.